The van der Waals surface area contributed by atoms with Crippen molar-refractivity contribution in [2.75, 3.05) is 13.2 Å². The van der Waals surface area contributed by atoms with Crippen LogP contribution in [0, 0.1) is 5.92 Å². The lowest BCUT2D eigenvalue weighted by Gasteiger charge is -2.34. The molecule has 4 nitrogen and oxygen atoms in total. The molecule has 0 radical (unpaired) electrons. The van der Waals surface area contributed by atoms with Crippen molar-refractivity contribution in [2.45, 2.75) is 50.4 Å². The summed E-state index contributed by atoms with van der Waals surface area (Å²) in [6.07, 6.45) is 5.87. The Labute approximate surface area is 95.7 Å². The molecular formula is C12H19NO3. The summed E-state index contributed by atoms with van der Waals surface area (Å²) >= 11 is 0. The van der Waals surface area contributed by atoms with E-state index in [1.54, 1.807) is 0 Å². The lowest BCUT2D eigenvalue weighted by molar-refractivity contribution is -0.183. The summed E-state index contributed by atoms with van der Waals surface area (Å²) in [4.78, 5) is 11.9. The van der Waals surface area contributed by atoms with Gasteiger partial charge in [-0.25, -0.2) is 0 Å². The second-order valence-corrected chi connectivity index (χ2v) is 5.16. The summed E-state index contributed by atoms with van der Waals surface area (Å²) in [6, 6.07) is 0.474. The molecule has 16 heavy (non-hydrogen) atoms. The Morgan fingerprint density at radius 1 is 1.06 bits per heavy atom. The molecule has 2 saturated carbocycles. The minimum atomic E-state index is -0.337. The molecule has 0 bridgehead atoms. The van der Waals surface area contributed by atoms with Gasteiger partial charge in [0.2, 0.25) is 5.91 Å². The van der Waals surface area contributed by atoms with Crippen LogP contribution in [-0.2, 0) is 14.3 Å². The fourth-order valence-corrected chi connectivity index (χ4v) is 2.65. The van der Waals surface area contributed by atoms with Crippen molar-refractivity contribution in [3.63, 3.8) is 0 Å². The van der Waals surface area contributed by atoms with Crippen molar-refractivity contribution in [3.05, 3.63) is 0 Å². The lowest BCUT2D eigenvalue weighted by atomic mass is 9.84. The normalized spacial score (nSPS) is 29.5. The van der Waals surface area contributed by atoms with Crippen molar-refractivity contribution in [1.82, 2.24) is 5.32 Å². The third-order valence-electron chi connectivity index (χ3n) is 3.86. The average molecular weight is 225 g/mol. The lowest BCUT2D eigenvalue weighted by Crippen LogP contribution is -2.40. The van der Waals surface area contributed by atoms with Gasteiger partial charge in [-0.1, -0.05) is 0 Å². The van der Waals surface area contributed by atoms with Crippen LogP contribution in [-0.4, -0.2) is 30.9 Å². The highest BCUT2D eigenvalue weighted by Gasteiger charge is 2.42. The van der Waals surface area contributed by atoms with Crippen LogP contribution in [0.5, 0.6) is 0 Å². The van der Waals surface area contributed by atoms with E-state index in [2.05, 4.69) is 5.32 Å². The minimum absolute atomic E-state index is 0.180. The molecule has 2 aliphatic carbocycles. The summed E-state index contributed by atoms with van der Waals surface area (Å²) in [5, 5.41) is 3.08. The molecule has 1 N–H and O–H groups in total. The number of hydrogen-bond donors (Lipinski definition) is 1. The van der Waals surface area contributed by atoms with Crippen LogP contribution < -0.4 is 5.32 Å². The zero-order valence-electron chi connectivity index (χ0n) is 9.54. The van der Waals surface area contributed by atoms with Gasteiger partial charge in [-0.15, -0.1) is 0 Å². The van der Waals surface area contributed by atoms with Crippen LogP contribution in [0.3, 0.4) is 0 Å². The summed E-state index contributed by atoms with van der Waals surface area (Å²) < 4.78 is 11.3. The van der Waals surface area contributed by atoms with E-state index in [4.69, 9.17) is 9.47 Å². The van der Waals surface area contributed by atoms with Crippen LogP contribution in [0.25, 0.3) is 0 Å². The monoisotopic (exact) mass is 225 g/mol. The van der Waals surface area contributed by atoms with E-state index < -0.39 is 0 Å². The number of nitrogens with one attached hydrogen (secondary N) is 1. The van der Waals surface area contributed by atoms with Gasteiger partial charge in [-0.3, -0.25) is 4.79 Å². The van der Waals surface area contributed by atoms with E-state index >= 15 is 0 Å². The van der Waals surface area contributed by atoms with Gasteiger partial charge in [-0.2, -0.15) is 0 Å². The molecule has 1 spiro atoms. The van der Waals surface area contributed by atoms with Crippen molar-refractivity contribution < 1.29 is 14.3 Å². The van der Waals surface area contributed by atoms with Crippen molar-refractivity contribution in [2.24, 2.45) is 5.92 Å². The molecule has 1 aliphatic heterocycles. The zero-order chi connectivity index (χ0) is 11.0. The van der Waals surface area contributed by atoms with Crippen LogP contribution >= 0.6 is 0 Å². The van der Waals surface area contributed by atoms with E-state index in [0.29, 0.717) is 19.3 Å². The number of hydrogen-bond acceptors (Lipinski definition) is 3. The third kappa shape index (κ3) is 2.09. The minimum Gasteiger partial charge on any atom is -0.353 e. The predicted octanol–water partition coefficient (Wildman–Crippen LogP) is 1.20. The van der Waals surface area contributed by atoms with E-state index in [9.17, 15) is 4.79 Å². The summed E-state index contributed by atoms with van der Waals surface area (Å²) in [6.45, 7) is 1.41. The number of rotatable bonds is 2. The largest absolute Gasteiger partial charge is 0.353 e. The second-order valence-electron chi connectivity index (χ2n) is 5.16. The van der Waals surface area contributed by atoms with E-state index in [1.165, 1.54) is 0 Å². The summed E-state index contributed by atoms with van der Waals surface area (Å²) in [5.74, 6) is 0.0884. The second kappa shape index (κ2) is 4.00. The van der Waals surface area contributed by atoms with Crippen molar-refractivity contribution in [3.8, 4) is 0 Å². The number of ether oxygens (including phenoxy) is 2. The maximum absolute atomic E-state index is 11.9. The van der Waals surface area contributed by atoms with Gasteiger partial charge >= 0.3 is 0 Å². The number of carbonyl (C=O) groups is 1. The first kappa shape index (κ1) is 10.5. The zero-order valence-corrected chi connectivity index (χ0v) is 9.54. The molecule has 0 unspecified atom stereocenters. The number of amides is 1. The third-order valence-corrected chi connectivity index (χ3v) is 3.86. The Hall–Kier alpha value is -0.610. The Morgan fingerprint density at radius 3 is 2.25 bits per heavy atom. The van der Waals surface area contributed by atoms with Crippen LogP contribution in [0.2, 0.25) is 0 Å². The fraction of sp³-hybridized carbons (Fsp3) is 0.917. The summed E-state index contributed by atoms with van der Waals surface area (Å²) in [7, 11) is 0. The Balaban J connectivity index is 1.51. The number of carbonyl (C=O) groups excluding carboxylic acids is 1. The van der Waals surface area contributed by atoms with Gasteiger partial charge in [0.15, 0.2) is 5.79 Å². The van der Waals surface area contributed by atoms with Gasteiger partial charge in [0.05, 0.1) is 13.2 Å². The van der Waals surface area contributed by atoms with E-state index in [-0.39, 0.29) is 17.6 Å². The quantitative estimate of drug-likeness (QED) is 0.768. The van der Waals surface area contributed by atoms with Crippen molar-refractivity contribution >= 4 is 5.91 Å². The molecule has 3 aliphatic rings. The van der Waals surface area contributed by atoms with Gasteiger partial charge in [-0.05, 0) is 25.7 Å². The molecule has 3 fully saturated rings. The maximum Gasteiger partial charge on any atom is 0.223 e. The first-order chi connectivity index (χ1) is 7.77. The first-order valence-corrected chi connectivity index (χ1v) is 6.36. The predicted molar refractivity (Wildman–Crippen MR) is 57.8 cm³/mol. The van der Waals surface area contributed by atoms with Crippen LogP contribution in [0.1, 0.15) is 38.5 Å². The van der Waals surface area contributed by atoms with Crippen molar-refractivity contribution in [1.29, 1.82) is 0 Å². The molecule has 3 rings (SSSR count). The molecule has 4 heteroatoms. The van der Waals surface area contributed by atoms with E-state index in [1.807, 2.05) is 0 Å². The highest BCUT2D eigenvalue weighted by molar-refractivity contribution is 5.79. The highest BCUT2D eigenvalue weighted by atomic mass is 16.7. The van der Waals surface area contributed by atoms with Crippen LogP contribution in [0.15, 0.2) is 0 Å². The highest BCUT2D eigenvalue weighted by Crippen LogP contribution is 2.38. The molecule has 1 amide bonds. The van der Waals surface area contributed by atoms with Gasteiger partial charge in [0.25, 0.3) is 0 Å². The maximum atomic E-state index is 11.9. The first-order valence-electron chi connectivity index (χ1n) is 6.36. The average Bonchev–Trinajstić information content (AvgIpc) is 3.00. The van der Waals surface area contributed by atoms with Gasteiger partial charge < -0.3 is 14.8 Å². The SMILES string of the molecule is O=C(NC1CC1)C1CCC2(CC1)OCCO2. The molecule has 0 aromatic rings. The molecule has 0 aromatic heterocycles. The van der Waals surface area contributed by atoms with Crippen LogP contribution in [0.4, 0.5) is 0 Å². The Bertz CT molecular complexity index is 272. The van der Waals surface area contributed by atoms with E-state index in [0.717, 1.165) is 38.5 Å². The fourth-order valence-electron chi connectivity index (χ4n) is 2.65. The molecule has 0 atom stereocenters. The summed E-state index contributed by atoms with van der Waals surface area (Å²) in [5.41, 5.74) is 0. The molecular weight excluding hydrogens is 206 g/mol. The van der Waals surface area contributed by atoms with Gasteiger partial charge in [0.1, 0.15) is 0 Å². The molecule has 90 valence electrons. The topological polar surface area (TPSA) is 47.6 Å². The standard InChI is InChI=1S/C12H19NO3/c14-11(13-10-1-2-10)9-3-5-12(6-4-9)15-7-8-16-12/h9-10H,1-8H2,(H,13,14). The molecule has 1 heterocycles. The van der Waals surface area contributed by atoms with Gasteiger partial charge in [0, 0.05) is 24.8 Å². The smallest absolute Gasteiger partial charge is 0.223 e. The molecule has 0 aromatic carbocycles. The Kier molecular flexibility index (Phi) is 2.64. The molecule has 1 saturated heterocycles. The Morgan fingerprint density at radius 2 is 1.69 bits per heavy atom.